The summed E-state index contributed by atoms with van der Waals surface area (Å²) >= 11 is 3.38. The van der Waals surface area contributed by atoms with Crippen molar-refractivity contribution in [1.82, 2.24) is 9.55 Å². The Morgan fingerprint density at radius 2 is 2.06 bits per heavy atom. The molecule has 0 saturated heterocycles. The topological polar surface area (TPSA) is 41.6 Å². The predicted octanol–water partition coefficient (Wildman–Crippen LogP) is 2.92. The van der Waals surface area contributed by atoms with Crippen LogP contribution in [-0.4, -0.2) is 9.55 Å². The van der Waals surface area contributed by atoms with Gasteiger partial charge in [-0.15, -0.1) is 0 Å². The van der Waals surface area contributed by atoms with Gasteiger partial charge in [0.1, 0.15) is 10.4 Å². The molecule has 1 aromatic carbocycles. The van der Waals surface area contributed by atoms with Gasteiger partial charge in [-0.1, -0.05) is 30.3 Å². The Morgan fingerprint density at radius 3 is 2.69 bits per heavy atom. The summed E-state index contributed by atoms with van der Waals surface area (Å²) < 4.78 is 2.69. The van der Waals surface area contributed by atoms with Gasteiger partial charge in [-0.05, 0) is 15.9 Å². The Morgan fingerprint density at radius 1 is 1.38 bits per heavy atom. The first-order valence-electron chi connectivity index (χ1n) is 4.87. The SMILES string of the molecule is Cn1c(-c2ccccc2)nc(Br)c1CC#N. The molecule has 0 aliphatic carbocycles. The van der Waals surface area contributed by atoms with E-state index in [9.17, 15) is 0 Å². The average Bonchev–Trinajstić information content (AvgIpc) is 2.59. The van der Waals surface area contributed by atoms with E-state index in [4.69, 9.17) is 5.26 Å². The summed E-state index contributed by atoms with van der Waals surface area (Å²) in [7, 11) is 1.92. The fourth-order valence-electron chi connectivity index (χ4n) is 1.61. The highest BCUT2D eigenvalue weighted by Gasteiger charge is 2.13. The largest absolute Gasteiger partial charge is 0.329 e. The summed E-state index contributed by atoms with van der Waals surface area (Å²) in [6.45, 7) is 0. The van der Waals surface area contributed by atoms with Crippen molar-refractivity contribution in [1.29, 1.82) is 5.26 Å². The minimum atomic E-state index is 0.358. The molecule has 0 bridgehead atoms. The molecule has 80 valence electrons. The van der Waals surface area contributed by atoms with Crippen LogP contribution in [0.15, 0.2) is 34.9 Å². The zero-order valence-electron chi connectivity index (χ0n) is 8.81. The average molecular weight is 276 g/mol. The van der Waals surface area contributed by atoms with E-state index < -0.39 is 0 Å². The van der Waals surface area contributed by atoms with Crippen LogP contribution in [0, 0.1) is 11.3 Å². The molecule has 1 heterocycles. The molecular weight excluding hydrogens is 266 g/mol. The summed E-state index contributed by atoms with van der Waals surface area (Å²) in [5.74, 6) is 0.873. The first-order chi connectivity index (χ1) is 7.74. The number of benzene rings is 1. The molecule has 0 atom stereocenters. The van der Waals surface area contributed by atoms with Crippen molar-refractivity contribution in [2.45, 2.75) is 6.42 Å². The summed E-state index contributed by atoms with van der Waals surface area (Å²) in [5, 5.41) is 8.74. The number of nitrogens with zero attached hydrogens (tertiary/aromatic N) is 3. The van der Waals surface area contributed by atoms with E-state index >= 15 is 0 Å². The van der Waals surface area contributed by atoms with Crippen molar-refractivity contribution < 1.29 is 0 Å². The number of nitriles is 1. The Kier molecular flexibility index (Phi) is 3.07. The van der Waals surface area contributed by atoms with E-state index in [2.05, 4.69) is 27.0 Å². The van der Waals surface area contributed by atoms with Gasteiger partial charge in [0.2, 0.25) is 0 Å². The van der Waals surface area contributed by atoms with Crippen molar-refractivity contribution in [2.24, 2.45) is 7.05 Å². The van der Waals surface area contributed by atoms with Gasteiger partial charge in [-0.2, -0.15) is 5.26 Å². The number of hydrogen-bond donors (Lipinski definition) is 0. The molecule has 0 aliphatic rings. The highest BCUT2D eigenvalue weighted by atomic mass is 79.9. The minimum Gasteiger partial charge on any atom is -0.329 e. The van der Waals surface area contributed by atoms with Crippen molar-refractivity contribution in [3.05, 3.63) is 40.6 Å². The van der Waals surface area contributed by atoms with Gasteiger partial charge in [0.05, 0.1) is 18.2 Å². The van der Waals surface area contributed by atoms with Gasteiger partial charge in [0, 0.05) is 12.6 Å². The molecule has 0 fully saturated rings. The van der Waals surface area contributed by atoms with Gasteiger partial charge >= 0.3 is 0 Å². The number of rotatable bonds is 2. The quantitative estimate of drug-likeness (QED) is 0.846. The standard InChI is InChI=1S/C12H10BrN3/c1-16-10(7-8-14)11(13)15-12(16)9-5-3-2-4-6-9/h2-6H,7H2,1H3. The molecule has 0 aliphatic heterocycles. The minimum absolute atomic E-state index is 0.358. The number of aromatic nitrogens is 2. The molecule has 4 heteroatoms. The smallest absolute Gasteiger partial charge is 0.141 e. The van der Waals surface area contributed by atoms with Crippen LogP contribution < -0.4 is 0 Å². The Bertz CT molecular complexity index is 537. The molecule has 0 spiro atoms. The molecule has 2 rings (SSSR count). The molecule has 2 aromatic rings. The summed E-state index contributed by atoms with van der Waals surface area (Å²) in [6.07, 6.45) is 0.358. The van der Waals surface area contributed by atoms with Crippen LogP contribution in [-0.2, 0) is 13.5 Å². The zero-order valence-corrected chi connectivity index (χ0v) is 10.4. The first-order valence-corrected chi connectivity index (χ1v) is 5.67. The summed E-state index contributed by atoms with van der Waals surface area (Å²) in [5.41, 5.74) is 1.95. The van der Waals surface area contributed by atoms with Gasteiger partial charge in [0.15, 0.2) is 0 Å². The second kappa shape index (κ2) is 4.50. The van der Waals surface area contributed by atoms with Gasteiger partial charge in [-0.25, -0.2) is 4.98 Å². The highest BCUT2D eigenvalue weighted by molar-refractivity contribution is 9.10. The van der Waals surface area contributed by atoms with E-state index in [0.29, 0.717) is 6.42 Å². The molecule has 16 heavy (non-hydrogen) atoms. The van der Waals surface area contributed by atoms with Crippen molar-refractivity contribution in [2.75, 3.05) is 0 Å². The lowest BCUT2D eigenvalue weighted by Crippen LogP contribution is -1.97. The lowest BCUT2D eigenvalue weighted by molar-refractivity contribution is 0.861. The molecule has 0 radical (unpaired) electrons. The van der Waals surface area contributed by atoms with Crippen LogP contribution >= 0.6 is 15.9 Å². The van der Waals surface area contributed by atoms with Crippen molar-refractivity contribution in [3.8, 4) is 17.5 Å². The van der Waals surface area contributed by atoms with Gasteiger partial charge in [0.25, 0.3) is 0 Å². The summed E-state index contributed by atoms with van der Waals surface area (Å²) in [6, 6.07) is 12.1. The normalized spacial score (nSPS) is 10.1. The van der Waals surface area contributed by atoms with Crippen LogP contribution in [0.25, 0.3) is 11.4 Å². The monoisotopic (exact) mass is 275 g/mol. The van der Waals surface area contributed by atoms with Gasteiger partial charge in [-0.3, -0.25) is 0 Å². The van der Waals surface area contributed by atoms with Crippen LogP contribution in [0.5, 0.6) is 0 Å². The van der Waals surface area contributed by atoms with E-state index in [1.807, 2.05) is 41.9 Å². The fraction of sp³-hybridized carbons (Fsp3) is 0.167. The maximum atomic E-state index is 8.74. The molecule has 0 saturated carbocycles. The van der Waals surface area contributed by atoms with Crippen LogP contribution in [0.2, 0.25) is 0 Å². The van der Waals surface area contributed by atoms with Crippen molar-refractivity contribution in [3.63, 3.8) is 0 Å². The third kappa shape index (κ3) is 1.86. The second-order valence-electron chi connectivity index (χ2n) is 3.43. The molecule has 0 N–H and O–H groups in total. The highest BCUT2D eigenvalue weighted by Crippen LogP contribution is 2.24. The lowest BCUT2D eigenvalue weighted by atomic mass is 10.2. The van der Waals surface area contributed by atoms with Crippen molar-refractivity contribution >= 4 is 15.9 Å². The molecule has 0 amide bonds. The number of hydrogen-bond acceptors (Lipinski definition) is 2. The van der Waals surface area contributed by atoms with Crippen LogP contribution in [0.3, 0.4) is 0 Å². The fourth-order valence-corrected chi connectivity index (χ4v) is 2.18. The Labute approximate surface area is 102 Å². The van der Waals surface area contributed by atoms with Crippen LogP contribution in [0.1, 0.15) is 5.69 Å². The maximum absolute atomic E-state index is 8.74. The number of halogens is 1. The zero-order chi connectivity index (χ0) is 11.5. The van der Waals surface area contributed by atoms with Crippen LogP contribution in [0.4, 0.5) is 0 Å². The van der Waals surface area contributed by atoms with E-state index in [1.165, 1.54) is 0 Å². The lowest BCUT2D eigenvalue weighted by Gasteiger charge is -2.03. The maximum Gasteiger partial charge on any atom is 0.141 e. The second-order valence-corrected chi connectivity index (χ2v) is 4.18. The third-order valence-corrected chi connectivity index (χ3v) is 3.08. The third-order valence-electron chi connectivity index (χ3n) is 2.44. The van der Waals surface area contributed by atoms with Gasteiger partial charge < -0.3 is 4.57 Å². The van der Waals surface area contributed by atoms with E-state index in [0.717, 1.165) is 21.7 Å². The summed E-state index contributed by atoms with van der Waals surface area (Å²) in [4.78, 5) is 4.43. The molecule has 3 nitrogen and oxygen atoms in total. The molecular formula is C12H10BrN3. The predicted molar refractivity (Wildman–Crippen MR) is 65.7 cm³/mol. The number of imidazole rings is 1. The Balaban J connectivity index is 2.53. The molecule has 0 unspecified atom stereocenters. The first kappa shape index (κ1) is 10.9. The Hall–Kier alpha value is -1.60. The van der Waals surface area contributed by atoms with E-state index in [-0.39, 0.29) is 0 Å². The molecule has 1 aromatic heterocycles. The van der Waals surface area contributed by atoms with E-state index in [1.54, 1.807) is 0 Å².